The molecule has 0 bridgehead atoms. The van der Waals surface area contributed by atoms with Crippen LogP contribution in [0.2, 0.25) is 15.1 Å². The molecule has 1 heterocycles. The van der Waals surface area contributed by atoms with Gasteiger partial charge in [0.05, 0.1) is 15.1 Å². The normalized spacial score (nSPS) is 18.1. The van der Waals surface area contributed by atoms with Crippen molar-refractivity contribution in [1.82, 2.24) is 10.2 Å². The topological polar surface area (TPSA) is 32.3 Å². The fraction of sp³-hybridized carbons (Fsp3) is 0.533. The zero-order chi connectivity index (χ0) is 15.6. The van der Waals surface area contributed by atoms with E-state index in [1.807, 2.05) is 17.9 Å². The second-order valence-electron chi connectivity index (χ2n) is 5.50. The minimum absolute atomic E-state index is 0.0278. The van der Waals surface area contributed by atoms with Gasteiger partial charge in [0.1, 0.15) is 0 Å². The van der Waals surface area contributed by atoms with Crippen LogP contribution in [0.1, 0.15) is 38.3 Å². The van der Waals surface area contributed by atoms with Crippen molar-refractivity contribution in [3.05, 3.63) is 32.8 Å². The third-order valence-electron chi connectivity index (χ3n) is 3.73. The number of carbonyl (C=O) groups excluding carboxylic acids is 1. The van der Waals surface area contributed by atoms with Gasteiger partial charge in [0.25, 0.3) is 0 Å². The van der Waals surface area contributed by atoms with Gasteiger partial charge in [-0.2, -0.15) is 0 Å². The van der Waals surface area contributed by atoms with E-state index in [0.29, 0.717) is 28.0 Å². The molecule has 1 fully saturated rings. The summed E-state index contributed by atoms with van der Waals surface area (Å²) in [6.07, 6.45) is 1.63. The van der Waals surface area contributed by atoms with E-state index < -0.39 is 0 Å². The highest BCUT2D eigenvalue weighted by Crippen LogP contribution is 2.35. The van der Waals surface area contributed by atoms with Gasteiger partial charge < -0.3 is 10.2 Å². The summed E-state index contributed by atoms with van der Waals surface area (Å²) in [7, 11) is 0. The van der Waals surface area contributed by atoms with Crippen molar-refractivity contribution >= 4 is 40.7 Å². The Morgan fingerprint density at radius 1 is 1.24 bits per heavy atom. The summed E-state index contributed by atoms with van der Waals surface area (Å²) in [6.45, 7) is 5.65. The standard InChI is InChI=1S/C15H19Cl3N2O/c1-9(8-20-7-3-4-13(20)21)19-10(2)11-5-6-12(16)15(18)14(11)17/h5-6,9-10,19H,3-4,7-8H2,1-2H3. The largest absolute Gasteiger partial charge is 0.341 e. The number of hydrogen-bond donors (Lipinski definition) is 1. The summed E-state index contributed by atoms with van der Waals surface area (Å²) in [5, 5.41) is 4.76. The summed E-state index contributed by atoms with van der Waals surface area (Å²) in [5.41, 5.74) is 0.908. The number of nitrogens with one attached hydrogen (secondary N) is 1. The molecule has 1 aliphatic rings. The lowest BCUT2D eigenvalue weighted by molar-refractivity contribution is -0.127. The quantitative estimate of drug-likeness (QED) is 0.803. The minimum atomic E-state index is 0.0278. The Hall–Kier alpha value is -0.480. The molecule has 0 aliphatic carbocycles. The molecule has 1 aromatic carbocycles. The highest BCUT2D eigenvalue weighted by Gasteiger charge is 2.23. The first-order chi connectivity index (χ1) is 9.90. The minimum Gasteiger partial charge on any atom is -0.341 e. The van der Waals surface area contributed by atoms with Gasteiger partial charge >= 0.3 is 0 Å². The molecule has 21 heavy (non-hydrogen) atoms. The average Bonchev–Trinajstić information content (AvgIpc) is 2.81. The van der Waals surface area contributed by atoms with Crippen molar-refractivity contribution in [3.63, 3.8) is 0 Å². The lowest BCUT2D eigenvalue weighted by Gasteiger charge is -2.25. The second-order valence-corrected chi connectivity index (χ2v) is 6.66. The third kappa shape index (κ3) is 4.04. The van der Waals surface area contributed by atoms with Crippen molar-refractivity contribution in [2.24, 2.45) is 0 Å². The summed E-state index contributed by atoms with van der Waals surface area (Å²) < 4.78 is 0. The molecule has 0 aromatic heterocycles. The molecule has 2 unspecified atom stereocenters. The lowest BCUT2D eigenvalue weighted by Crippen LogP contribution is -2.40. The molecule has 1 saturated heterocycles. The van der Waals surface area contributed by atoms with Gasteiger partial charge in [-0.15, -0.1) is 0 Å². The fourth-order valence-corrected chi connectivity index (χ4v) is 3.38. The van der Waals surface area contributed by atoms with Gasteiger partial charge in [0.2, 0.25) is 5.91 Å². The SMILES string of the molecule is CC(CN1CCCC1=O)NC(C)c1ccc(Cl)c(Cl)c1Cl. The molecule has 1 aromatic rings. The van der Waals surface area contributed by atoms with Crippen LogP contribution < -0.4 is 5.32 Å². The number of rotatable bonds is 5. The summed E-state index contributed by atoms with van der Waals surface area (Å²) in [4.78, 5) is 13.6. The van der Waals surface area contributed by atoms with Gasteiger partial charge in [0, 0.05) is 31.6 Å². The van der Waals surface area contributed by atoms with Crippen LogP contribution in [0.5, 0.6) is 0 Å². The first-order valence-corrected chi connectivity index (χ1v) is 8.20. The van der Waals surface area contributed by atoms with Crippen molar-refractivity contribution in [2.45, 2.75) is 38.8 Å². The molecular weight excluding hydrogens is 331 g/mol. The number of likely N-dealkylation sites (tertiary alicyclic amines) is 1. The summed E-state index contributed by atoms with van der Waals surface area (Å²) >= 11 is 18.3. The monoisotopic (exact) mass is 348 g/mol. The van der Waals surface area contributed by atoms with E-state index in [1.165, 1.54) is 0 Å². The van der Waals surface area contributed by atoms with Crippen LogP contribution in [0.3, 0.4) is 0 Å². The van der Waals surface area contributed by atoms with E-state index in [2.05, 4.69) is 12.2 Å². The molecule has 1 amide bonds. The van der Waals surface area contributed by atoms with E-state index >= 15 is 0 Å². The highest BCUT2D eigenvalue weighted by atomic mass is 35.5. The van der Waals surface area contributed by atoms with Crippen LogP contribution in [-0.2, 0) is 4.79 Å². The Bertz CT molecular complexity index is 536. The van der Waals surface area contributed by atoms with Crippen molar-refractivity contribution in [3.8, 4) is 0 Å². The van der Waals surface area contributed by atoms with Gasteiger partial charge in [-0.25, -0.2) is 0 Å². The maximum Gasteiger partial charge on any atom is 0.222 e. The second kappa shape index (κ2) is 7.19. The molecule has 0 spiro atoms. The Balaban J connectivity index is 1.99. The molecule has 2 atom stereocenters. The van der Waals surface area contributed by atoms with E-state index in [1.54, 1.807) is 6.07 Å². The van der Waals surface area contributed by atoms with Crippen LogP contribution in [0, 0.1) is 0 Å². The van der Waals surface area contributed by atoms with E-state index in [0.717, 1.165) is 18.5 Å². The number of amides is 1. The first-order valence-electron chi connectivity index (χ1n) is 7.07. The molecule has 1 aliphatic heterocycles. The van der Waals surface area contributed by atoms with Gasteiger partial charge in [-0.05, 0) is 31.9 Å². The first kappa shape index (κ1) is 16.9. The van der Waals surface area contributed by atoms with E-state index in [-0.39, 0.29) is 18.0 Å². The maximum absolute atomic E-state index is 11.6. The maximum atomic E-state index is 11.6. The Labute approximate surface area is 140 Å². The molecule has 116 valence electrons. The smallest absolute Gasteiger partial charge is 0.222 e. The molecular formula is C15H19Cl3N2O. The number of hydrogen-bond acceptors (Lipinski definition) is 2. The molecule has 0 saturated carbocycles. The van der Waals surface area contributed by atoms with Crippen LogP contribution >= 0.6 is 34.8 Å². The average molecular weight is 350 g/mol. The number of carbonyl (C=O) groups is 1. The van der Waals surface area contributed by atoms with E-state index in [4.69, 9.17) is 34.8 Å². The Morgan fingerprint density at radius 2 is 1.95 bits per heavy atom. The van der Waals surface area contributed by atoms with Crippen LogP contribution in [-0.4, -0.2) is 29.9 Å². The van der Waals surface area contributed by atoms with Crippen molar-refractivity contribution in [2.75, 3.05) is 13.1 Å². The summed E-state index contributed by atoms with van der Waals surface area (Å²) in [6, 6.07) is 3.83. The molecule has 1 N–H and O–H groups in total. The number of benzene rings is 1. The van der Waals surface area contributed by atoms with Gasteiger partial charge in [0.15, 0.2) is 0 Å². The molecule has 3 nitrogen and oxygen atoms in total. The van der Waals surface area contributed by atoms with Crippen molar-refractivity contribution in [1.29, 1.82) is 0 Å². The summed E-state index contributed by atoms with van der Waals surface area (Å²) in [5.74, 6) is 0.240. The van der Waals surface area contributed by atoms with Gasteiger partial charge in [-0.1, -0.05) is 40.9 Å². The van der Waals surface area contributed by atoms with Crippen LogP contribution in [0.4, 0.5) is 0 Å². The highest BCUT2D eigenvalue weighted by molar-refractivity contribution is 6.48. The fourth-order valence-electron chi connectivity index (χ4n) is 2.67. The predicted molar refractivity (Wildman–Crippen MR) is 88.3 cm³/mol. The Morgan fingerprint density at radius 3 is 2.57 bits per heavy atom. The number of nitrogens with zero attached hydrogens (tertiary/aromatic N) is 1. The predicted octanol–water partition coefficient (Wildman–Crippen LogP) is 4.31. The number of halogens is 3. The zero-order valence-corrected chi connectivity index (χ0v) is 14.4. The third-order valence-corrected chi connectivity index (χ3v) is 5.04. The Kier molecular flexibility index (Phi) is 5.78. The van der Waals surface area contributed by atoms with Gasteiger partial charge in [-0.3, -0.25) is 4.79 Å². The van der Waals surface area contributed by atoms with E-state index in [9.17, 15) is 4.79 Å². The van der Waals surface area contributed by atoms with Crippen LogP contribution in [0.15, 0.2) is 12.1 Å². The molecule has 0 radical (unpaired) electrons. The molecule has 2 rings (SSSR count). The van der Waals surface area contributed by atoms with Crippen LogP contribution in [0.25, 0.3) is 0 Å². The lowest BCUT2D eigenvalue weighted by atomic mass is 10.1. The molecule has 6 heteroatoms. The van der Waals surface area contributed by atoms with Crippen molar-refractivity contribution < 1.29 is 4.79 Å². The zero-order valence-electron chi connectivity index (χ0n) is 12.1.